The number of hydrogen-bond acceptors (Lipinski definition) is 6. The number of carbonyl (C=O) groups is 2. The van der Waals surface area contributed by atoms with Gasteiger partial charge in [-0.3, -0.25) is 19.5 Å². The Labute approximate surface area is 192 Å². The quantitative estimate of drug-likeness (QED) is 0.544. The number of carbonyl (C=O) groups excluding carboxylic acids is 2. The highest BCUT2D eigenvalue weighted by Gasteiger charge is 2.34. The number of nitrogens with one attached hydrogen (secondary N) is 1. The molecule has 31 heavy (non-hydrogen) atoms. The van der Waals surface area contributed by atoms with Crippen LogP contribution < -0.4 is 5.32 Å². The van der Waals surface area contributed by atoms with Gasteiger partial charge >= 0.3 is 0 Å². The summed E-state index contributed by atoms with van der Waals surface area (Å²) in [6, 6.07) is 7.69. The first-order valence-electron chi connectivity index (χ1n) is 10.4. The van der Waals surface area contributed by atoms with Crippen molar-refractivity contribution in [2.75, 3.05) is 39.0 Å². The molecule has 1 unspecified atom stereocenters. The van der Waals surface area contributed by atoms with Crippen LogP contribution in [0.15, 0.2) is 29.4 Å². The van der Waals surface area contributed by atoms with Crippen molar-refractivity contribution in [1.29, 1.82) is 0 Å². The molecule has 3 rings (SSSR count). The standard InChI is InChI=1S/C21H29ClN6O2S/c1-4-28-20(24-25-21(28)31-14-15-8-5-6-9-17(15)22)23-19(30)16-12-18(29)27(13-16)11-7-10-26(2)3/h5-6,8-9,16H,4,7,10-14H2,1-3H3,(H,23,24,30). The van der Waals surface area contributed by atoms with E-state index in [0.29, 0.717) is 41.5 Å². The largest absolute Gasteiger partial charge is 0.342 e. The van der Waals surface area contributed by atoms with E-state index in [4.69, 9.17) is 11.6 Å². The fourth-order valence-corrected chi connectivity index (χ4v) is 4.77. The zero-order chi connectivity index (χ0) is 22.4. The summed E-state index contributed by atoms with van der Waals surface area (Å²) in [6.45, 7) is 4.63. The van der Waals surface area contributed by atoms with Gasteiger partial charge in [0.1, 0.15) is 0 Å². The third-order valence-corrected chi connectivity index (χ3v) is 6.59. The molecule has 168 valence electrons. The Hall–Kier alpha value is -2.10. The van der Waals surface area contributed by atoms with Gasteiger partial charge in [-0.1, -0.05) is 41.6 Å². The summed E-state index contributed by atoms with van der Waals surface area (Å²) in [4.78, 5) is 28.9. The Kier molecular flexibility index (Phi) is 8.34. The lowest BCUT2D eigenvalue weighted by Gasteiger charge is -2.18. The van der Waals surface area contributed by atoms with Gasteiger partial charge in [0.15, 0.2) is 5.16 Å². The number of hydrogen-bond donors (Lipinski definition) is 1. The predicted molar refractivity (Wildman–Crippen MR) is 123 cm³/mol. The number of likely N-dealkylation sites (tertiary alicyclic amines) is 1. The minimum Gasteiger partial charge on any atom is -0.342 e. The number of nitrogens with zero attached hydrogens (tertiary/aromatic N) is 5. The van der Waals surface area contributed by atoms with Gasteiger partial charge in [0.05, 0.1) is 5.92 Å². The minimum atomic E-state index is -0.368. The van der Waals surface area contributed by atoms with Crippen LogP contribution in [-0.2, 0) is 21.9 Å². The van der Waals surface area contributed by atoms with E-state index in [1.807, 2.05) is 49.9 Å². The summed E-state index contributed by atoms with van der Waals surface area (Å²) in [5.41, 5.74) is 1.02. The van der Waals surface area contributed by atoms with E-state index in [1.54, 1.807) is 4.90 Å². The van der Waals surface area contributed by atoms with E-state index in [0.717, 1.165) is 18.5 Å². The maximum absolute atomic E-state index is 12.8. The average Bonchev–Trinajstić information content (AvgIpc) is 3.30. The molecule has 0 spiro atoms. The van der Waals surface area contributed by atoms with E-state index in [1.165, 1.54) is 11.8 Å². The summed E-state index contributed by atoms with van der Waals surface area (Å²) in [5.74, 6) is 0.547. The smallest absolute Gasteiger partial charge is 0.232 e. The number of amides is 2. The second kappa shape index (κ2) is 11.0. The lowest BCUT2D eigenvalue weighted by molar-refractivity contribution is -0.128. The van der Waals surface area contributed by atoms with Crippen molar-refractivity contribution in [2.45, 2.75) is 37.2 Å². The number of thioether (sulfide) groups is 1. The second-order valence-electron chi connectivity index (χ2n) is 7.82. The molecule has 0 aliphatic carbocycles. The summed E-state index contributed by atoms with van der Waals surface area (Å²) < 4.78 is 1.87. The Morgan fingerprint density at radius 3 is 2.81 bits per heavy atom. The van der Waals surface area contributed by atoms with Crippen molar-refractivity contribution >= 4 is 41.1 Å². The first kappa shape index (κ1) is 23.6. The van der Waals surface area contributed by atoms with Gasteiger partial charge in [0.25, 0.3) is 0 Å². The van der Waals surface area contributed by atoms with Crippen LogP contribution in [0.2, 0.25) is 5.02 Å². The topological polar surface area (TPSA) is 83.4 Å². The molecule has 1 aromatic heterocycles. The SMILES string of the molecule is CCn1c(NC(=O)C2CC(=O)N(CCCN(C)C)C2)nnc1SCc1ccccc1Cl. The molecule has 1 aromatic carbocycles. The maximum atomic E-state index is 12.8. The normalized spacial score (nSPS) is 16.4. The van der Waals surface area contributed by atoms with Crippen LogP contribution in [0.3, 0.4) is 0 Å². The molecular weight excluding hydrogens is 436 g/mol. The van der Waals surface area contributed by atoms with Crippen LogP contribution in [0, 0.1) is 5.92 Å². The Morgan fingerprint density at radius 1 is 1.32 bits per heavy atom. The molecule has 1 atom stereocenters. The van der Waals surface area contributed by atoms with Crippen LogP contribution >= 0.6 is 23.4 Å². The van der Waals surface area contributed by atoms with Crippen molar-refractivity contribution in [3.8, 4) is 0 Å². The van der Waals surface area contributed by atoms with Gasteiger partial charge in [-0.2, -0.15) is 0 Å². The number of benzene rings is 1. The molecule has 1 saturated heterocycles. The van der Waals surface area contributed by atoms with E-state index >= 15 is 0 Å². The summed E-state index contributed by atoms with van der Waals surface area (Å²) in [6.07, 6.45) is 1.13. The number of halogens is 1. The summed E-state index contributed by atoms with van der Waals surface area (Å²) in [7, 11) is 4.01. The van der Waals surface area contributed by atoms with E-state index in [-0.39, 0.29) is 24.2 Å². The molecule has 10 heteroatoms. The van der Waals surface area contributed by atoms with Crippen molar-refractivity contribution in [2.24, 2.45) is 5.92 Å². The molecule has 0 bridgehead atoms. The fraction of sp³-hybridized carbons (Fsp3) is 0.524. The lowest BCUT2D eigenvalue weighted by Crippen LogP contribution is -2.31. The van der Waals surface area contributed by atoms with Crippen molar-refractivity contribution in [3.63, 3.8) is 0 Å². The van der Waals surface area contributed by atoms with Gasteiger partial charge in [-0.05, 0) is 45.6 Å². The molecule has 1 N–H and O–H groups in total. The zero-order valence-electron chi connectivity index (χ0n) is 18.2. The van der Waals surface area contributed by atoms with E-state index in [2.05, 4.69) is 20.4 Å². The zero-order valence-corrected chi connectivity index (χ0v) is 19.7. The molecule has 2 heterocycles. The third-order valence-electron chi connectivity index (χ3n) is 5.20. The molecule has 1 aliphatic heterocycles. The van der Waals surface area contributed by atoms with Gasteiger partial charge in [-0.25, -0.2) is 0 Å². The molecule has 0 saturated carbocycles. The highest BCUT2D eigenvalue weighted by molar-refractivity contribution is 7.98. The average molecular weight is 465 g/mol. The maximum Gasteiger partial charge on any atom is 0.232 e. The summed E-state index contributed by atoms with van der Waals surface area (Å²) in [5, 5.41) is 12.7. The number of aromatic nitrogens is 3. The molecule has 8 nitrogen and oxygen atoms in total. The predicted octanol–water partition coefficient (Wildman–Crippen LogP) is 2.98. The third kappa shape index (κ3) is 6.21. The van der Waals surface area contributed by atoms with Gasteiger partial charge in [-0.15, -0.1) is 10.2 Å². The summed E-state index contributed by atoms with van der Waals surface area (Å²) >= 11 is 7.75. The highest BCUT2D eigenvalue weighted by atomic mass is 35.5. The van der Waals surface area contributed by atoms with Crippen LogP contribution in [0.5, 0.6) is 0 Å². The Morgan fingerprint density at radius 2 is 2.10 bits per heavy atom. The van der Waals surface area contributed by atoms with E-state index < -0.39 is 0 Å². The molecule has 2 aromatic rings. The minimum absolute atomic E-state index is 0.0341. The van der Waals surface area contributed by atoms with Crippen LogP contribution in [0.4, 0.5) is 5.95 Å². The Balaban J connectivity index is 1.58. The first-order valence-corrected chi connectivity index (χ1v) is 11.8. The van der Waals surface area contributed by atoms with Crippen LogP contribution in [0.25, 0.3) is 0 Å². The van der Waals surface area contributed by atoms with Gasteiger partial charge in [0.2, 0.25) is 17.8 Å². The molecule has 2 amide bonds. The highest BCUT2D eigenvalue weighted by Crippen LogP contribution is 2.27. The van der Waals surface area contributed by atoms with Crippen molar-refractivity contribution in [1.82, 2.24) is 24.6 Å². The second-order valence-corrected chi connectivity index (χ2v) is 9.17. The lowest BCUT2D eigenvalue weighted by atomic mass is 10.1. The number of rotatable bonds is 10. The number of anilines is 1. The Bertz CT molecular complexity index is 919. The molecular formula is C21H29ClN6O2S. The van der Waals surface area contributed by atoms with Gasteiger partial charge in [0, 0.05) is 36.8 Å². The molecule has 1 aliphatic rings. The van der Waals surface area contributed by atoms with Crippen molar-refractivity contribution < 1.29 is 9.59 Å². The molecule has 1 fully saturated rings. The van der Waals surface area contributed by atoms with Crippen molar-refractivity contribution in [3.05, 3.63) is 34.9 Å². The van der Waals surface area contributed by atoms with Gasteiger partial charge < -0.3 is 9.80 Å². The first-order chi connectivity index (χ1) is 14.9. The van der Waals surface area contributed by atoms with Crippen LogP contribution in [0.1, 0.15) is 25.3 Å². The monoisotopic (exact) mass is 464 g/mol. The van der Waals surface area contributed by atoms with E-state index in [9.17, 15) is 9.59 Å². The fourth-order valence-electron chi connectivity index (χ4n) is 3.48. The van der Waals surface area contributed by atoms with Crippen LogP contribution in [-0.4, -0.2) is 70.1 Å². The molecule has 0 radical (unpaired) electrons.